The molecule has 0 radical (unpaired) electrons. The predicted octanol–water partition coefficient (Wildman–Crippen LogP) is 0.616. The van der Waals surface area contributed by atoms with Crippen molar-refractivity contribution in [2.75, 3.05) is 20.8 Å². The van der Waals surface area contributed by atoms with E-state index in [1.54, 1.807) is 21.0 Å². The number of nitrogens with one attached hydrogen (secondary N) is 1. The van der Waals surface area contributed by atoms with Crippen LogP contribution in [0.2, 0.25) is 0 Å². The SMILES string of the molecule is CC(CF)NC(=O)N(C)C. The molecule has 0 fully saturated rings. The summed E-state index contributed by atoms with van der Waals surface area (Å²) in [7, 11) is 3.22. The van der Waals surface area contributed by atoms with Crippen molar-refractivity contribution in [2.24, 2.45) is 0 Å². The van der Waals surface area contributed by atoms with Crippen LogP contribution >= 0.6 is 0 Å². The fraction of sp³-hybridized carbons (Fsp3) is 0.833. The molecule has 0 saturated carbocycles. The zero-order chi connectivity index (χ0) is 8.15. The second-order valence-corrected chi connectivity index (χ2v) is 2.40. The van der Waals surface area contributed by atoms with Crippen molar-refractivity contribution < 1.29 is 9.18 Å². The largest absolute Gasteiger partial charge is 0.333 e. The Balaban J connectivity index is 3.57. The summed E-state index contributed by atoms with van der Waals surface area (Å²) < 4.78 is 11.8. The van der Waals surface area contributed by atoms with Crippen LogP contribution < -0.4 is 5.32 Å². The molecule has 1 unspecified atom stereocenters. The Morgan fingerprint density at radius 1 is 1.70 bits per heavy atom. The smallest absolute Gasteiger partial charge is 0.317 e. The van der Waals surface area contributed by atoms with E-state index in [-0.39, 0.29) is 6.03 Å². The van der Waals surface area contributed by atoms with Crippen LogP contribution in [0.5, 0.6) is 0 Å². The fourth-order valence-electron chi connectivity index (χ4n) is 0.378. The number of halogens is 1. The van der Waals surface area contributed by atoms with Crippen molar-refractivity contribution in [3.05, 3.63) is 0 Å². The lowest BCUT2D eigenvalue weighted by Crippen LogP contribution is -2.40. The molecule has 0 bridgehead atoms. The third-order valence-corrected chi connectivity index (χ3v) is 1.01. The van der Waals surface area contributed by atoms with Crippen molar-refractivity contribution in [1.82, 2.24) is 10.2 Å². The predicted molar refractivity (Wildman–Crippen MR) is 37.7 cm³/mol. The van der Waals surface area contributed by atoms with Crippen molar-refractivity contribution in [2.45, 2.75) is 13.0 Å². The maximum atomic E-state index is 11.8. The highest BCUT2D eigenvalue weighted by Gasteiger charge is 2.06. The van der Waals surface area contributed by atoms with Gasteiger partial charge in [0.25, 0.3) is 0 Å². The molecule has 0 aliphatic heterocycles. The standard InChI is InChI=1S/C6H13FN2O/c1-5(4-7)8-6(10)9(2)3/h5H,4H2,1-3H3,(H,8,10). The fourth-order valence-corrected chi connectivity index (χ4v) is 0.378. The number of hydrogen-bond donors (Lipinski definition) is 1. The Hall–Kier alpha value is -0.800. The molecule has 1 atom stereocenters. The number of nitrogens with zero attached hydrogens (tertiary/aromatic N) is 1. The molecule has 0 aromatic heterocycles. The summed E-state index contributed by atoms with van der Waals surface area (Å²) in [6.07, 6.45) is 0. The zero-order valence-corrected chi connectivity index (χ0v) is 6.52. The number of amides is 2. The molecule has 0 aliphatic rings. The van der Waals surface area contributed by atoms with Gasteiger partial charge in [0.15, 0.2) is 0 Å². The van der Waals surface area contributed by atoms with Crippen LogP contribution in [0.1, 0.15) is 6.92 Å². The molecule has 0 rings (SSSR count). The molecular formula is C6H13FN2O. The molecule has 4 heteroatoms. The topological polar surface area (TPSA) is 32.3 Å². The Morgan fingerprint density at radius 2 is 2.20 bits per heavy atom. The number of urea groups is 1. The van der Waals surface area contributed by atoms with Crippen molar-refractivity contribution in [3.8, 4) is 0 Å². The summed E-state index contributed by atoms with van der Waals surface area (Å²) >= 11 is 0. The van der Waals surface area contributed by atoms with E-state index < -0.39 is 12.7 Å². The molecule has 3 nitrogen and oxygen atoms in total. The summed E-state index contributed by atoms with van der Waals surface area (Å²) in [6, 6.07) is -0.653. The lowest BCUT2D eigenvalue weighted by Gasteiger charge is -2.14. The summed E-state index contributed by atoms with van der Waals surface area (Å²) in [4.78, 5) is 12.1. The first-order chi connectivity index (χ1) is 4.57. The Bertz CT molecular complexity index is 116. The highest BCUT2D eigenvalue weighted by Crippen LogP contribution is 1.84. The van der Waals surface area contributed by atoms with Gasteiger partial charge in [-0.15, -0.1) is 0 Å². The Morgan fingerprint density at radius 3 is 2.50 bits per heavy atom. The third kappa shape index (κ3) is 3.27. The number of carbonyl (C=O) groups excluding carboxylic acids is 1. The van der Waals surface area contributed by atoms with Crippen molar-refractivity contribution >= 4 is 6.03 Å². The van der Waals surface area contributed by atoms with Crippen LogP contribution in [-0.2, 0) is 0 Å². The summed E-state index contributed by atoms with van der Waals surface area (Å²) in [6.45, 7) is 1.08. The number of carbonyl (C=O) groups is 1. The molecule has 10 heavy (non-hydrogen) atoms. The highest BCUT2D eigenvalue weighted by atomic mass is 19.1. The van der Waals surface area contributed by atoms with Gasteiger partial charge >= 0.3 is 6.03 Å². The van der Waals surface area contributed by atoms with E-state index in [1.165, 1.54) is 4.90 Å². The van der Waals surface area contributed by atoms with Gasteiger partial charge in [-0.1, -0.05) is 0 Å². The molecule has 2 amide bonds. The van der Waals surface area contributed by atoms with E-state index in [2.05, 4.69) is 5.32 Å². The van der Waals surface area contributed by atoms with Crippen LogP contribution in [0, 0.1) is 0 Å². The second-order valence-electron chi connectivity index (χ2n) is 2.40. The van der Waals surface area contributed by atoms with Crippen molar-refractivity contribution in [1.29, 1.82) is 0 Å². The van der Waals surface area contributed by atoms with Gasteiger partial charge in [0.05, 0.1) is 6.04 Å². The summed E-state index contributed by atoms with van der Waals surface area (Å²) in [5.74, 6) is 0. The minimum absolute atomic E-state index is 0.259. The molecule has 0 heterocycles. The average molecular weight is 148 g/mol. The molecule has 0 spiro atoms. The van der Waals surface area contributed by atoms with Crippen LogP contribution in [0.15, 0.2) is 0 Å². The normalized spacial score (nSPS) is 12.4. The van der Waals surface area contributed by atoms with E-state index >= 15 is 0 Å². The van der Waals surface area contributed by atoms with Crippen molar-refractivity contribution in [3.63, 3.8) is 0 Å². The Kier molecular flexibility index (Phi) is 3.76. The first kappa shape index (κ1) is 9.20. The van der Waals surface area contributed by atoms with E-state index in [0.29, 0.717) is 0 Å². The van der Waals surface area contributed by atoms with E-state index in [4.69, 9.17) is 0 Å². The van der Waals surface area contributed by atoms with Crippen LogP contribution in [0.4, 0.5) is 9.18 Å². The maximum absolute atomic E-state index is 11.8. The number of alkyl halides is 1. The van der Waals surface area contributed by atoms with Gasteiger partial charge in [0.1, 0.15) is 6.67 Å². The summed E-state index contributed by atoms with van der Waals surface area (Å²) in [5.41, 5.74) is 0. The van der Waals surface area contributed by atoms with Crippen LogP contribution in [0.3, 0.4) is 0 Å². The molecule has 0 aromatic carbocycles. The van der Waals surface area contributed by atoms with Gasteiger partial charge in [-0.25, -0.2) is 9.18 Å². The summed E-state index contributed by atoms with van der Waals surface area (Å²) in [5, 5.41) is 2.44. The van der Waals surface area contributed by atoms with Gasteiger partial charge < -0.3 is 10.2 Å². The monoisotopic (exact) mass is 148 g/mol. The molecular weight excluding hydrogens is 135 g/mol. The third-order valence-electron chi connectivity index (χ3n) is 1.01. The Labute approximate surface area is 60.2 Å². The number of rotatable bonds is 2. The second kappa shape index (κ2) is 4.09. The first-order valence-corrected chi connectivity index (χ1v) is 3.11. The highest BCUT2D eigenvalue weighted by molar-refractivity contribution is 5.73. The van der Waals surface area contributed by atoms with Gasteiger partial charge in [0, 0.05) is 14.1 Å². The van der Waals surface area contributed by atoms with Crippen LogP contribution in [0.25, 0.3) is 0 Å². The first-order valence-electron chi connectivity index (χ1n) is 3.11. The zero-order valence-electron chi connectivity index (χ0n) is 6.52. The molecule has 1 N–H and O–H groups in total. The average Bonchev–Trinajstić information content (AvgIpc) is 1.87. The quantitative estimate of drug-likeness (QED) is 0.611. The number of hydrogen-bond acceptors (Lipinski definition) is 1. The van der Waals surface area contributed by atoms with E-state index in [0.717, 1.165) is 0 Å². The lowest BCUT2D eigenvalue weighted by atomic mass is 10.4. The molecule has 60 valence electrons. The minimum Gasteiger partial charge on any atom is -0.333 e. The molecule has 0 aliphatic carbocycles. The van der Waals surface area contributed by atoms with Gasteiger partial charge in [-0.3, -0.25) is 0 Å². The van der Waals surface area contributed by atoms with E-state index in [1.807, 2.05) is 0 Å². The van der Waals surface area contributed by atoms with Gasteiger partial charge in [-0.2, -0.15) is 0 Å². The molecule has 0 aromatic rings. The van der Waals surface area contributed by atoms with E-state index in [9.17, 15) is 9.18 Å². The molecule has 0 saturated heterocycles. The van der Waals surface area contributed by atoms with Gasteiger partial charge in [-0.05, 0) is 6.92 Å². The lowest BCUT2D eigenvalue weighted by molar-refractivity contribution is 0.211. The van der Waals surface area contributed by atoms with Gasteiger partial charge in [0.2, 0.25) is 0 Å². The maximum Gasteiger partial charge on any atom is 0.317 e. The van der Waals surface area contributed by atoms with Crippen LogP contribution in [-0.4, -0.2) is 37.7 Å². The minimum atomic E-state index is -0.528.